The molecule has 2 aromatic carbocycles. The zero-order valence-corrected chi connectivity index (χ0v) is 15.0. The van der Waals surface area contributed by atoms with E-state index in [0.29, 0.717) is 0 Å². The van der Waals surface area contributed by atoms with Crippen LogP contribution in [-0.4, -0.2) is 30.1 Å². The van der Waals surface area contributed by atoms with Crippen molar-refractivity contribution in [2.24, 2.45) is 0 Å². The van der Waals surface area contributed by atoms with Gasteiger partial charge in [-0.15, -0.1) is 0 Å². The molecule has 0 amide bonds. The summed E-state index contributed by atoms with van der Waals surface area (Å²) in [5.74, 6) is -0.935. The second kappa shape index (κ2) is 9.78. The molecule has 0 spiro atoms. The molecule has 0 radical (unpaired) electrons. The Kier molecular flexibility index (Phi) is 7.76. The Morgan fingerprint density at radius 2 is 1.42 bits per heavy atom. The molecule has 0 fully saturated rings. The second-order valence-electron chi connectivity index (χ2n) is 5.75. The third-order valence-corrected chi connectivity index (χ3v) is 3.35. The van der Waals surface area contributed by atoms with Crippen molar-refractivity contribution in [1.82, 2.24) is 0 Å². The van der Waals surface area contributed by atoms with Gasteiger partial charge >= 0.3 is 5.97 Å². The molecule has 0 bridgehead atoms. The Bertz CT molecular complexity index is 780. The first-order chi connectivity index (χ1) is 12.2. The van der Waals surface area contributed by atoms with Crippen LogP contribution in [0.3, 0.4) is 0 Å². The minimum atomic E-state index is -0.935. The smallest absolute Gasteiger partial charge is 0.330 e. The van der Waals surface area contributed by atoms with Crippen LogP contribution < -0.4 is 4.90 Å². The highest BCUT2D eigenvalue weighted by molar-refractivity contribution is 5.84. The Labute approximate surface area is 152 Å². The number of carboxylic acid groups (broad SMARTS) is 1. The molecule has 0 atom stereocenters. The zero-order chi connectivity index (χ0) is 19.7. The van der Waals surface area contributed by atoms with E-state index >= 15 is 0 Å². The van der Waals surface area contributed by atoms with Gasteiger partial charge in [0.25, 0.3) is 5.69 Å². The molecule has 0 saturated heterocycles. The first kappa shape index (κ1) is 20.6. The van der Waals surface area contributed by atoms with Crippen molar-refractivity contribution in [1.29, 1.82) is 0 Å². The second-order valence-corrected chi connectivity index (χ2v) is 5.75. The predicted octanol–water partition coefficient (Wildman–Crippen LogP) is 4.48. The van der Waals surface area contributed by atoms with Gasteiger partial charge in [-0.3, -0.25) is 10.1 Å². The monoisotopic (exact) mass is 354 g/mol. The fraction of sp³-hybridized carbons (Fsp3) is 0.150. The van der Waals surface area contributed by atoms with Gasteiger partial charge in [-0.1, -0.05) is 30.9 Å². The standard InChI is InChI=1S/C16H16N2O2.C4H6O2/c1-17(2)15-9-5-13(6-10-15)3-4-14-7-11-16(12-8-14)18(19)20;1-3(2)4(5)6/h3-12H,1-2H3;1H2,2H3,(H,5,6). The van der Waals surface area contributed by atoms with Crippen LogP contribution in [0.5, 0.6) is 0 Å². The summed E-state index contributed by atoms with van der Waals surface area (Å²) >= 11 is 0. The molecule has 2 aromatic rings. The maximum Gasteiger partial charge on any atom is 0.330 e. The normalized spacial score (nSPS) is 9.96. The lowest BCUT2D eigenvalue weighted by molar-refractivity contribution is -0.384. The number of nitro benzene ring substituents is 1. The molecule has 6 nitrogen and oxygen atoms in total. The molecule has 0 aromatic heterocycles. The lowest BCUT2D eigenvalue weighted by atomic mass is 10.1. The van der Waals surface area contributed by atoms with Crippen molar-refractivity contribution >= 4 is 29.5 Å². The predicted molar refractivity (Wildman–Crippen MR) is 105 cm³/mol. The Morgan fingerprint density at radius 3 is 1.73 bits per heavy atom. The average Bonchev–Trinajstić information content (AvgIpc) is 2.61. The number of rotatable bonds is 5. The van der Waals surface area contributed by atoms with Crippen molar-refractivity contribution < 1.29 is 14.8 Å². The van der Waals surface area contributed by atoms with E-state index in [1.54, 1.807) is 12.1 Å². The van der Waals surface area contributed by atoms with Crippen molar-refractivity contribution in [2.75, 3.05) is 19.0 Å². The molecule has 0 aliphatic rings. The van der Waals surface area contributed by atoms with E-state index in [2.05, 4.69) is 18.7 Å². The topological polar surface area (TPSA) is 83.7 Å². The fourth-order valence-corrected chi connectivity index (χ4v) is 1.78. The summed E-state index contributed by atoms with van der Waals surface area (Å²) in [6.45, 7) is 4.60. The highest BCUT2D eigenvalue weighted by Crippen LogP contribution is 2.16. The SMILES string of the molecule is C=C(C)C(=O)O.CN(C)c1ccc(C=Cc2ccc([N+](=O)[O-])cc2)cc1. The van der Waals surface area contributed by atoms with Gasteiger partial charge in [0, 0.05) is 37.5 Å². The van der Waals surface area contributed by atoms with E-state index < -0.39 is 10.9 Å². The molecule has 0 heterocycles. The van der Waals surface area contributed by atoms with Crippen molar-refractivity contribution in [3.63, 3.8) is 0 Å². The van der Waals surface area contributed by atoms with Gasteiger partial charge in [-0.25, -0.2) is 4.79 Å². The maximum atomic E-state index is 10.6. The number of nitro groups is 1. The summed E-state index contributed by atoms with van der Waals surface area (Å²) in [6, 6.07) is 14.7. The minimum Gasteiger partial charge on any atom is -0.478 e. The van der Waals surface area contributed by atoms with Crippen LogP contribution in [0.25, 0.3) is 12.2 Å². The van der Waals surface area contributed by atoms with Gasteiger partial charge in [0.05, 0.1) is 4.92 Å². The number of nitrogens with zero attached hydrogens (tertiary/aromatic N) is 2. The lowest BCUT2D eigenvalue weighted by Gasteiger charge is -2.11. The van der Waals surface area contributed by atoms with Gasteiger partial charge in [0.1, 0.15) is 0 Å². The third kappa shape index (κ3) is 7.00. The van der Waals surface area contributed by atoms with Crippen molar-refractivity contribution in [3.8, 4) is 0 Å². The fourth-order valence-electron chi connectivity index (χ4n) is 1.78. The zero-order valence-electron chi connectivity index (χ0n) is 15.0. The molecule has 2 rings (SSSR count). The van der Waals surface area contributed by atoms with Gasteiger partial charge in [-0.2, -0.15) is 0 Å². The van der Waals surface area contributed by atoms with E-state index in [-0.39, 0.29) is 11.3 Å². The molecule has 1 N–H and O–H groups in total. The Morgan fingerprint density at radius 1 is 1.04 bits per heavy atom. The van der Waals surface area contributed by atoms with Gasteiger partial charge < -0.3 is 10.0 Å². The molecule has 136 valence electrons. The first-order valence-corrected chi connectivity index (χ1v) is 7.79. The number of carbonyl (C=O) groups is 1. The van der Waals surface area contributed by atoms with Crippen LogP contribution in [0, 0.1) is 10.1 Å². The van der Waals surface area contributed by atoms with E-state index in [1.165, 1.54) is 19.1 Å². The van der Waals surface area contributed by atoms with Gasteiger partial charge in [-0.05, 0) is 42.3 Å². The van der Waals surface area contributed by atoms with Crippen LogP contribution in [0.1, 0.15) is 18.1 Å². The van der Waals surface area contributed by atoms with Crippen molar-refractivity contribution in [3.05, 3.63) is 81.9 Å². The molecular weight excluding hydrogens is 332 g/mol. The molecule has 0 aliphatic heterocycles. The number of benzene rings is 2. The van der Waals surface area contributed by atoms with E-state index in [0.717, 1.165) is 16.8 Å². The van der Waals surface area contributed by atoms with Crippen LogP contribution in [0.2, 0.25) is 0 Å². The molecule has 0 saturated carbocycles. The van der Waals surface area contributed by atoms with Crippen molar-refractivity contribution in [2.45, 2.75) is 6.92 Å². The molecular formula is C20H22N2O4. The highest BCUT2D eigenvalue weighted by Gasteiger charge is 2.02. The summed E-state index contributed by atoms with van der Waals surface area (Å²) in [5.41, 5.74) is 3.46. The number of carboxylic acids is 1. The summed E-state index contributed by atoms with van der Waals surface area (Å²) in [4.78, 5) is 21.8. The Balaban J connectivity index is 0.000000487. The number of non-ortho nitro benzene ring substituents is 1. The number of anilines is 1. The summed E-state index contributed by atoms with van der Waals surface area (Å²) in [7, 11) is 4.00. The van der Waals surface area contributed by atoms with E-state index in [1.807, 2.05) is 43.3 Å². The third-order valence-electron chi connectivity index (χ3n) is 3.35. The summed E-state index contributed by atoms with van der Waals surface area (Å²) < 4.78 is 0. The Hall–Kier alpha value is -3.41. The number of hydrogen-bond acceptors (Lipinski definition) is 4. The van der Waals surface area contributed by atoms with E-state index in [9.17, 15) is 14.9 Å². The average molecular weight is 354 g/mol. The first-order valence-electron chi connectivity index (χ1n) is 7.79. The van der Waals surface area contributed by atoms with E-state index in [4.69, 9.17) is 5.11 Å². The summed E-state index contributed by atoms with van der Waals surface area (Å²) in [5, 5.41) is 18.5. The van der Waals surface area contributed by atoms with Crippen LogP contribution in [0.4, 0.5) is 11.4 Å². The molecule has 6 heteroatoms. The lowest BCUT2D eigenvalue weighted by Crippen LogP contribution is -2.07. The maximum absolute atomic E-state index is 10.6. The molecule has 26 heavy (non-hydrogen) atoms. The quantitative estimate of drug-likeness (QED) is 0.370. The number of aliphatic carboxylic acids is 1. The van der Waals surface area contributed by atoms with Gasteiger partial charge in [0.15, 0.2) is 0 Å². The summed E-state index contributed by atoms with van der Waals surface area (Å²) in [6.07, 6.45) is 3.93. The highest BCUT2D eigenvalue weighted by atomic mass is 16.6. The molecule has 0 unspecified atom stereocenters. The van der Waals surface area contributed by atoms with Crippen LogP contribution >= 0.6 is 0 Å². The largest absolute Gasteiger partial charge is 0.478 e. The van der Waals surface area contributed by atoms with Crippen LogP contribution in [0.15, 0.2) is 60.7 Å². The minimum absolute atomic E-state index is 0.109. The molecule has 0 aliphatic carbocycles. The van der Waals surface area contributed by atoms with Gasteiger partial charge in [0.2, 0.25) is 0 Å². The number of hydrogen-bond donors (Lipinski definition) is 1. The van der Waals surface area contributed by atoms with Crippen LogP contribution in [-0.2, 0) is 4.79 Å².